The molecule has 3 heteroatoms. The van der Waals surface area contributed by atoms with Gasteiger partial charge in [0.1, 0.15) is 5.75 Å². The number of aliphatic hydroxyl groups is 1. The van der Waals surface area contributed by atoms with E-state index in [2.05, 4.69) is 22.6 Å². The second-order valence-corrected chi connectivity index (χ2v) is 4.57. The number of hydrogen-bond donors (Lipinski definition) is 1. The maximum Gasteiger partial charge on any atom is 0.132 e. The van der Waals surface area contributed by atoms with Gasteiger partial charge in [0.2, 0.25) is 0 Å². The smallest absolute Gasteiger partial charge is 0.132 e. The molecule has 1 N–H and O–H groups in total. The number of halogens is 1. The predicted octanol–water partition coefficient (Wildman–Crippen LogP) is 2.53. The molecule has 1 rings (SSSR count). The van der Waals surface area contributed by atoms with Crippen LogP contribution in [0.5, 0.6) is 5.75 Å². The Labute approximate surface area is 92.1 Å². The fourth-order valence-corrected chi connectivity index (χ4v) is 1.60. The van der Waals surface area contributed by atoms with E-state index in [4.69, 9.17) is 4.74 Å². The molecule has 0 saturated heterocycles. The first-order valence-electron chi connectivity index (χ1n) is 4.01. The molecule has 0 heterocycles. The molecule has 0 unspecified atom stereocenters. The maximum atomic E-state index is 9.74. The maximum absolute atomic E-state index is 9.74. The second-order valence-electron chi connectivity index (χ2n) is 3.41. The summed E-state index contributed by atoms with van der Waals surface area (Å²) in [4.78, 5) is 0. The van der Waals surface area contributed by atoms with Gasteiger partial charge in [-0.05, 0) is 54.1 Å². The van der Waals surface area contributed by atoms with Gasteiger partial charge in [0, 0.05) is 0 Å². The van der Waals surface area contributed by atoms with Crippen molar-refractivity contribution >= 4 is 22.6 Å². The molecule has 0 amide bonds. The molecule has 72 valence electrons. The highest BCUT2D eigenvalue weighted by Crippen LogP contribution is 2.27. The van der Waals surface area contributed by atoms with Crippen molar-refractivity contribution in [2.24, 2.45) is 0 Å². The minimum absolute atomic E-state index is 0.806. The largest absolute Gasteiger partial charge is 0.496 e. The third-order valence-electron chi connectivity index (χ3n) is 1.86. The molecule has 13 heavy (non-hydrogen) atoms. The van der Waals surface area contributed by atoms with Gasteiger partial charge in [-0.15, -0.1) is 0 Å². The first kappa shape index (κ1) is 10.8. The number of benzene rings is 1. The molecule has 0 bridgehead atoms. The van der Waals surface area contributed by atoms with E-state index in [0.717, 1.165) is 14.9 Å². The van der Waals surface area contributed by atoms with Gasteiger partial charge in [0.25, 0.3) is 0 Å². The summed E-state index contributed by atoms with van der Waals surface area (Å²) < 4.78 is 6.21. The SMILES string of the molecule is COc1cc(C(C)(C)O)ccc1I. The van der Waals surface area contributed by atoms with Crippen LogP contribution in [0, 0.1) is 3.57 Å². The van der Waals surface area contributed by atoms with Gasteiger partial charge in [-0.25, -0.2) is 0 Å². The van der Waals surface area contributed by atoms with Crippen LogP contribution in [0.2, 0.25) is 0 Å². The lowest BCUT2D eigenvalue weighted by atomic mass is 9.98. The van der Waals surface area contributed by atoms with Crippen LogP contribution in [0.4, 0.5) is 0 Å². The second kappa shape index (κ2) is 3.84. The monoisotopic (exact) mass is 292 g/mol. The minimum atomic E-state index is -0.808. The molecule has 0 aliphatic heterocycles. The number of methoxy groups -OCH3 is 1. The zero-order valence-electron chi connectivity index (χ0n) is 7.97. The van der Waals surface area contributed by atoms with Crippen molar-refractivity contribution < 1.29 is 9.84 Å². The molecule has 0 aromatic heterocycles. The van der Waals surface area contributed by atoms with E-state index in [-0.39, 0.29) is 0 Å². The summed E-state index contributed by atoms with van der Waals surface area (Å²) in [5.74, 6) is 0.806. The van der Waals surface area contributed by atoms with E-state index >= 15 is 0 Å². The summed E-state index contributed by atoms with van der Waals surface area (Å²) in [7, 11) is 1.63. The molecule has 1 aromatic rings. The van der Waals surface area contributed by atoms with Crippen molar-refractivity contribution in [2.75, 3.05) is 7.11 Å². The minimum Gasteiger partial charge on any atom is -0.496 e. The van der Waals surface area contributed by atoms with Crippen LogP contribution < -0.4 is 4.74 Å². The lowest BCUT2D eigenvalue weighted by Gasteiger charge is -2.18. The Bertz CT molecular complexity index is 302. The topological polar surface area (TPSA) is 29.5 Å². The highest BCUT2D eigenvalue weighted by molar-refractivity contribution is 14.1. The van der Waals surface area contributed by atoms with Crippen LogP contribution in [-0.2, 0) is 5.60 Å². The molecule has 0 radical (unpaired) electrons. The van der Waals surface area contributed by atoms with Crippen molar-refractivity contribution in [1.29, 1.82) is 0 Å². The Morgan fingerprint density at radius 3 is 2.46 bits per heavy atom. The Kier molecular flexibility index (Phi) is 3.18. The fourth-order valence-electron chi connectivity index (χ4n) is 1.04. The van der Waals surface area contributed by atoms with Gasteiger partial charge in [0.05, 0.1) is 16.3 Å². The average molecular weight is 292 g/mol. The van der Waals surface area contributed by atoms with Crippen LogP contribution in [0.1, 0.15) is 19.4 Å². The van der Waals surface area contributed by atoms with E-state index in [1.165, 1.54) is 0 Å². The van der Waals surface area contributed by atoms with Crippen LogP contribution in [-0.4, -0.2) is 12.2 Å². The molecule has 2 nitrogen and oxygen atoms in total. The fraction of sp³-hybridized carbons (Fsp3) is 0.400. The first-order chi connectivity index (χ1) is 5.95. The Hall–Kier alpha value is -0.290. The molecule has 0 spiro atoms. The van der Waals surface area contributed by atoms with Crippen molar-refractivity contribution in [1.82, 2.24) is 0 Å². The van der Waals surface area contributed by atoms with Gasteiger partial charge in [0.15, 0.2) is 0 Å². The summed E-state index contributed by atoms with van der Waals surface area (Å²) in [6.45, 7) is 3.52. The van der Waals surface area contributed by atoms with E-state index < -0.39 is 5.60 Å². The standard InChI is InChI=1S/C10H13IO2/c1-10(2,12)7-4-5-8(11)9(6-7)13-3/h4-6,12H,1-3H3. The summed E-state index contributed by atoms with van der Waals surface area (Å²) in [5.41, 5.74) is 0.0576. The molecule has 0 aliphatic carbocycles. The Balaban J connectivity index is 3.14. The highest BCUT2D eigenvalue weighted by Gasteiger charge is 2.17. The third-order valence-corrected chi connectivity index (χ3v) is 2.75. The van der Waals surface area contributed by atoms with Gasteiger partial charge >= 0.3 is 0 Å². The Morgan fingerprint density at radius 1 is 1.38 bits per heavy atom. The summed E-state index contributed by atoms with van der Waals surface area (Å²) in [5, 5.41) is 9.74. The van der Waals surface area contributed by atoms with Crippen LogP contribution in [0.3, 0.4) is 0 Å². The van der Waals surface area contributed by atoms with Crippen LogP contribution >= 0.6 is 22.6 Å². The zero-order chi connectivity index (χ0) is 10.1. The van der Waals surface area contributed by atoms with Crippen LogP contribution in [0.25, 0.3) is 0 Å². The lowest BCUT2D eigenvalue weighted by molar-refractivity contribution is 0.0783. The Morgan fingerprint density at radius 2 is 2.00 bits per heavy atom. The summed E-state index contributed by atoms with van der Waals surface area (Å²) in [6.07, 6.45) is 0. The summed E-state index contributed by atoms with van der Waals surface area (Å²) >= 11 is 2.20. The normalized spacial score (nSPS) is 11.5. The van der Waals surface area contributed by atoms with Crippen molar-refractivity contribution in [2.45, 2.75) is 19.4 Å². The molecule has 0 fully saturated rings. The van der Waals surface area contributed by atoms with Gasteiger partial charge in [-0.1, -0.05) is 6.07 Å². The molecular weight excluding hydrogens is 279 g/mol. The van der Waals surface area contributed by atoms with E-state index in [1.54, 1.807) is 21.0 Å². The van der Waals surface area contributed by atoms with Gasteiger partial charge in [-0.3, -0.25) is 0 Å². The van der Waals surface area contributed by atoms with Gasteiger partial charge < -0.3 is 9.84 Å². The third kappa shape index (κ3) is 2.57. The van der Waals surface area contributed by atoms with Gasteiger partial charge in [-0.2, -0.15) is 0 Å². The van der Waals surface area contributed by atoms with Crippen molar-refractivity contribution in [3.8, 4) is 5.75 Å². The van der Waals surface area contributed by atoms with E-state index in [0.29, 0.717) is 0 Å². The average Bonchev–Trinajstić information content (AvgIpc) is 2.03. The molecule has 1 aromatic carbocycles. The van der Waals surface area contributed by atoms with Crippen molar-refractivity contribution in [3.05, 3.63) is 27.3 Å². The highest BCUT2D eigenvalue weighted by atomic mass is 127. The number of ether oxygens (including phenoxy) is 1. The molecule has 0 saturated carbocycles. The zero-order valence-corrected chi connectivity index (χ0v) is 10.1. The number of rotatable bonds is 2. The molecule has 0 atom stereocenters. The quantitative estimate of drug-likeness (QED) is 0.849. The predicted molar refractivity (Wildman–Crippen MR) is 61.0 cm³/mol. The first-order valence-corrected chi connectivity index (χ1v) is 5.09. The summed E-state index contributed by atoms with van der Waals surface area (Å²) in [6, 6.07) is 5.71. The number of hydrogen-bond acceptors (Lipinski definition) is 2. The lowest BCUT2D eigenvalue weighted by Crippen LogP contribution is -2.15. The van der Waals surface area contributed by atoms with Crippen LogP contribution in [0.15, 0.2) is 18.2 Å². The van der Waals surface area contributed by atoms with E-state index in [9.17, 15) is 5.11 Å². The van der Waals surface area contributed by atoms with E-state index in [1.807, 2.05) is 18.2 Å². The van der Waals surface area contributed by atoms with Crippen molar-refractivity contribution in [3.63, 3.8) is 0 Å². The molecule has 0 aliphatic rings. The molecular formula is C10H13IO2.